The number of carbonyl (C=O) groups is 1. The molecular formula is C14H20Cl2N2O2. The molecule has 6 heteroatoms. The Labute approximate surface area is 130 Å². The van der Waals surface area contributed by atoms with E-state index < -0.39 is 0 Å². The van der Waals surface area contributed by atoms with Gasteiger partial charge in [-0.05, 0) is 37.2 Å². The average molecular weight is 319 g/mol. The molecule has 0 bridgehead atoms. The number of halogens is 2. The summed E-state index contributed by atoms with van der Waals surface area (Å²) in [6, 6.07) is 7.22. The lowest BCUT2D eigenvalue weighted by Gasteiger charge is -2.20. The van der Waals surface area contributed by atoms with Gasteiger partial charge in [-0.3, -0.25) is 4.79 Å². The van der Waals surface area contributed by atoms with E-state index in [1.165, 1.54) is 0 Å². The molecule has 1 unspecified atom stereocenters. The molecule has 0 saturated carbocycles. The number of likely N-dealkylation sites (N-methyl/N-ethyl adjacent to an activating group) is 1. The standard InChI is InChI=1S/C14H19ClN2O2.ClH/c1-17(14(18)11-6-7-16-10-11)8-9-19-13-4-2-12(15)3-5-13;/h2-5,11,16H,6-10H2,1H3;1H. The van der Waals surface area contributed by atoms with Crippen molar-refractivity contribution in [2.45, 2.75) is 6.42 Å². The van der Waals surface area contributed by atoms with E-state index in [2.05, 4.69) is 5.32 Å². The third kappa shape index (κ3) is 4.85. The van der Waals surface area contributed by atoms with E-state index in [1.54, 1.807) is 17.0 Å². The Hall–Kier alpha value is -0.970. The summed E-state index contributed by atoms with van der Waals surface area (Å²) in [7, 11) is 1.83. The van der Waals surface area contributed by atoms with Crippen molar-refractivity contribution in [1.82, 2.24) is 10.2 Å². The summed E-state index contributed by atoms with van der Waals surface area (Å²) in [6.07, 6.45) is 0.932. The van der Waals surface area contributed by atoms with Crippen LogP contribution in [-0.4, -0.2) is 44.1 Å². The molecule has 1 amide bonds. The number of nitrogens with zero attached hydrogens (tertiary/aromatic N) is 1. The van der Waals surface area contributed by atoms with Gasteiger partial charge >= 0.3 is 0 Å². The minimum atomic E-state index is 0. The molecule has 1 N–H and O–H groups in total. The van der Waals surface area contributed by atoms with Crippen LogP contribution < -0.4 is 10.1 Å². The molecule has 1 aromatic rings. The molecule has 4 nitrogen and oxygen atoms in total. The number of rotatable bonds is 5. The van der Waals surface area contributed by atoms with Gasteiger partial charge in [-0.2, -0.15) is 0 Å². The molecule has 1 aromatic carbocycles. The summed E-state index contributed by atoms with van der Waals surface area (Å²) in [4.78, 5) is 13.8. The van der Waals surface area contributed by atoms with Crippen LogP contribution in [0.1, 0.15) is 6.42 Å². The van der Waals surface area contributed by atoms with Gasteiger partial charge in [-0.25, -0.2) is 0 Å². The highest BCUT2D eigenvalue weighted by Crippen LogP contribution is 2.15. The van der Waals surface area contributed by atoms with Crippen molar-refractivity contribution in [3.05, 3.63) is 29.3 Å². The average Bonchev–Trinajstić information content (AvgIpc) is 2.94. The number of amides is 1. The molecule has 0 aliphatic carbocycles. The monoisotopic (exact) mass is 318 g/mol. The van der Waals surface area contributed by atoms with Crippen molar-refractivity contribution in [1.29, 1.82) is 0 Å². The van der Waals surface area contributed by atoms with Gasteiger partial charge in [0.05, 0.1) is 12.5 Å². The van der Waals surface area contributed by atoms with E-state index in [0.717, 1.165) is 25.3 Å². The van der Waals surface area contributed by atoms with Gasteiger partial charge in [-0.1, -0.05) is 11.6 Å². The Balaban J connectivity index is 0.00000200. The third-order valence-electron chi connectivity index (χ3n) is 3.29. The van der Waals surface area contributed by atoms with Crippen molar-refractivity contribution >= 4 is 29.9 Å². The van der Waals surface area contributed by atoms with Crippen LogP contribution in [-0.2, 0) is 4.79 Å². The maximum absolute atomic E-state index is 12.0. The molecule has 0 radical (unpaired) electrons. The van der Waals surface area contributed by atoms with Crippen LogP contribution in [0.25, 0.3) is 0 Å². The Morgan fingerprint density at radius 2 is 2.15 bits per heavy atom. The summed E-state index contributed by atoms with van der Waals surface area (Å²) in [5, 5.41) is 3.89. The zero-order valence-electron chi connectivity index (χ0n) is 11.5. The van der Waals surface area contributed by atoms with Crippen molar-refractivity contribution in [3.8, 4) is 5.75 Å². The first kappa shape index (κ1) is 17.1. The summed E-state index contributed by atoms with van der Waals surface area (Å²) in [5.74, 6) is 1.10. The van der Waals surface area contributed by atoms with Crippen LogP contribution in [0.4, 0.5) is 0 Å². The summed E-state index contributed by atoms with van der Waals surface area (Å²) in [6.45, 7) is 2.81. The zero-order chi connectivity index (χ0) is 13.7. The molecular weight excluding hydrogens is 299 g/mol. The fourth-order valence-corrected chi connectivity index (χ4v) is 2.24. The molecule has 0 spiro atoms. The molecule has 112 valence electrons. The lowest BCUT2D eigenvalue weighted by Crippen LogP contribution is -2.36. The number of ether oxygens (including phenoxy) is 1. The molecule has 20 heavy (non-hydrogen) atoms. The fraction of sp³-hybridized carbons (Fsp3) is 0.500. The lowest BCUT2D eigenvalue weighted by atomic mass is 10.1. The minimum Gasteiger partial charge on any atom is -0.492 e. The van der Waals surface area contributed by atoms with Crippen LogP contribution in [0.2, 0.25) is 5.02 Å². The zero-order valence-corrected chi connectivity index (χ0v) is 13.0. The number of benzene rings is 1. The Morgan fingerprint density at radius 1 is 1.45 bits per heavy atom. The first-order valence-corrected chi connectivity index (χ1v) is 6.88. The van der Waals surface area contributed by atoms with Crippen LogP contribution in [0.15, 0.2) is 24.3 Å². The first-order chi connectivity index (χ1) is 9.16. The van der Waals surface area contributed by atoms with Crippen molar-refractivity contribution in [2.75, 3.05) is 33.3 Å². The van der Waals surface area contributed by atoms with Crippen LogP contribution in [0.3, 0.4) is 0 Å². The minimum absolute atomic E-state index is 0. The molecule has 1 aliphatic heterocycles. The van der Waals surface area contributed by atoms with Gasteiger partial charge in [0.15, 0.2) is 0 Å². The highest BCUT2D eigenvalue weighted by Gasteiger charge is 2.24. The lowest BCUT2D eigenvalue weighted by molar-refractivity contribution is -0.133. The molecule has 1 saturated heterocycles. The molecule has 1 fully saturated rings. The van der Waals surface area contributed by atoms with Gasteiger partial charge in [-0.15, -0.1) is 12.4 Å². The maximum atomic E-state index is 12.0. The number of hydrogen-bond donors (Lipinski definition) is 1. The van der Waals surface area contributed by atoms with Crippen molar-refractivity contribution < 1.29 is 9.53 Å². The van der Waals surface area contributed by atoms with E-state index in [4.69, 9.17) is 16.3 Å². The van der Waals surface area contributed by atoms with Gasteiger partial charge in [0.2, 0.25) is 5.91 Å². The normalized spacial score (nSPS) is 17.4. The second-order valence-corrected chi connectivity index (χ2v) is 5.19. The van der Waals surface area contributed by atoms with Crippen molar-refractivity contribution in [3.63, 3.8) is 0 Å². The maximum Gasteiger partial charge on any atom is 0.226 e. The summed E-state index contributed by atoms with van der Waals surface area (Å²) < 4.78 is 5.58. The Kier molecular flexibility index (Phi) is 7.13. The Morgan fingerprint density at radius 3 is 2.75 bits per heavy atom. The van der Waals surface area contributed by atoms with Crippen LogP contribution >= 0.6 is 24.0 Å². The second kappa shape index (κ2) is 8.35. The van der Waals surface area contributed by atoms with E-state index in [9.17, 15) is 4.79 Å². The Bertz CT molecular complexity index is 420. The van der Waals surface area contributed by atoms with Gasteiger partial charge in [0.25, 0.3) is 0 Å². The molecule has 1 heterocycles. The predicted octanol–water partition coefficient (Wildman–Crippen LogP) is 2.21. The highest BCUT2D eigenvalue weighted by molar-refractivity contribution is 6.30. The largest absolute Gasteiger partial charge is 0.492 e. The quantitative estimate of drug-likeness (QED) is 0.905. The molecule has 2 rings (SSSR count). The van der Waals surface area contributed by atoms with Gasteiger partial charge < -0.3 is 15.0 Å². The SMILES string of the molecule is CN(CCOc1ccc(Cl)cc1)C(=O)C1CCNC1.Cl. The topological polar surface area (TPSA) is 41.6 Å². The number of carbonyl (C=O) groups excluding carboxylic acids is 1. The van der Waals surface area contributed by atoms with E-state index in [0.29, 0.717) is 18.2 Å². The van der Waals surface area contributed by atoms with E-state index in [-0.39, 0.29) is 24.2 Å². The van der Waals surface area contributed by atoms with Crippen molar-refractivity contribution in [2.24, 2.45) is 5.92 Å². The van der Waals surface area contributed by atoms with Gasteiger partial charge in [0.1, 0.15) is 12.4 Å². The van der Waals surface area contributed by atoms with Gasteiger partial charge in [0, 0.05) is 18.6 Å². The summed E-state index contributed by atoms with van der Waals surface area (Å²) >= 11 is 5.80. The van der Waals surface area contributed by atoms with E-state index >= 15 is 0 Å². The van der Waals surface area contributed by atoms with Crippen LogP contribution in [0.5, 0.6) is 5.75 Å². The van der Waals surface area contributed by atoms with Crippen LogP contribution in [0, 0.1) is 5.92 Å². The smallest absolute Gasteiger partial charge is 0.226 e. The third-order valence-corrected chi connectivity index (χ3v) is 3.55. The number of hydrogen-bond acceptors (Lipinski definition) is 3. The summed E-state index contributed by atoms with van der Waals surface area (Å²) in [5.41, 5.74) is 0. The first-order valence-electron chi connectivity index (χ1n) is 6.51. The molecule has 1 atom stereocenters. The molecule has 1 aliphatic rings. The second-order valence-electron chi connectivity index (χ2n) is 4.75. The molecule has 0 aromatic heterocycles. The predicted molar refractivity (Wildman–Crippen MR) is 82.8 cm³/mol. The number of nitrogens with one attached hydrogen (secondary N) is 1. The fourth-order valence-electron chi connectivity index (χ4n) is 2.12. The highest BCUT2D eigenvalue weighted by atomic mass is 35.5. The van der Waals surface area contributed by atoms with E-state index in [1.807, 2.05) is 19.2 Å².